The van der Waals surface area contributed by atoms with Crippen LogP contribution in [0.15, 0.2) is 53.2 Å². The third-order valence-electron chi connectivity index (χ3n) is 5.08. The zero-order valence-corrected chi connectivity index (χ0v) is 22.3. The summed E-state index contributed by atoms with van der Waals surface area (Å²) in [5.41, 5.74) is 1.25. The van der Waals surface area contributed by atoms with Gasteiger partial charge in [-0.2, -0.15) is 0 Å². The highest BCUT2D eigenvalue weighted by Gasteiger charge is 2.39. The minimum absolute atomic E-state index is 0.125. The lowest BCUT2D eigenvalue weighted by Crippen LogP contribution is -2.32. The number of benzene rings is 2. The molecule has 37 heavy (non-hydrogen) atoms. The molecule has 1 aliphatic heterocycles. The zero-order chi connectivity index (χ0) is 26.9. The molecule has 0 fully saturated rings. The smallest absolute Gasteiger partial charge is 0.350 e. The predicted octanol–water partition coefficient (Wildman–Crippen LogP) is 5.62. The van der Waals surface area contributed by atoms with Crippen LogP contribution in [0.1, 0.15) is 32.6 Å². The monoisotopic (exact) mass is 578 g/mol. The van der Waals surface area contributed by atoms with Crippen molar-refractivity contribution >= 4 is 86.3 Å². The van der Waals surface area contributed by atoms with Crippen LogP contribution in [0.3, 0.4) is 0 Å². The van der Waals surface area contributed by atoms with Gasteiger partial charge in [-0.3, -0.25) is 19.7 Å². The van der Waals surface area contributed by atoms with Crippen LogP contribution in [0.4, 0.5) is 16.5 Å². The van der Waals surface area contributed by atoms with Gasteiger partial charge in [0.25, 0.3) is 17.7 Å². The van der Waals surface area contributed by atoms with Gasteiger partial charge < -0.3 is 10.1 Å². The second kappa shape index (κ2) is 10.9. The summed E-state index contributed by atoms with van der Waals surface area (Å²) in [5.74, 6) is -2.35. The molecule has 9 nitrogen and oxygen atoms in total. The number of aromatic nitrogens is 1. The van der Waals surface area contributed by atoms with Gasteiger partial charge in [0.15, 0.2) is 5.13 Å². The molecule has 190 valence electrons. The van der Waals surface area contributed by atoms with Gasteiger partial charge in [-0.1, -0.05) is 46.1 Å². The number of imide groups is 1. The molecule has 13 heteroatoms. The second-order valence-electron chi connectivity index (χ2n) is 7.54. The predicted molar refractivity (Wildman–Crippen MR) is 143 cm³/mol. The molecule has 0 saturated carbocycles. The SMILES string of the molecule is CCOC(=O)c1sc(NC(=O)c2ccc(NC3=C(Cl)C(=O)N(c4ccc(Cl)c(Cl)c4)C3=O)cc2)nc1C. The summed E-state index contributed by atoms with van der Waals surface area (Å²) in [6.07, 6.45) is 0. The largest absolute Gasteiger partial charge is 0.462 e. The van der Waals surface area contributed by atoms with Crippen LogP contribution in [0.2, 0.25) is 10.0 Å². The van der Waals surface area contributed by atoms with E-state index in [1.165, 1.54) is 30.3 Å². The molecule has 0 bridgehead atoms. The van der Waals surface area contributed by atoms with Gasteiger partial charge >= 0.3 is 5.97 Å². The average Bonchev–Trinajstić information content (AvgIpc) is 3.33. The number of thiazole rings is 1. The summed E-state index contributed by atoms with van der Waals surface area (Å²) >= 11 is 19.1. The van der Waals surface area contributed by atoms with E-state index < -0.39 is 23.7 Å². The number of nitrogens with one attached hydrogen (secondary N) is 2. The number of rotatable bonds is 7. The van der Waals surface area contributed by atoms with Crippen molar-refractivity contribution in [3.63, 3.8) is 0 Å². The van der Waals surface area contributed by atoms with Gasteiger partial charge in [0.1, 0.15) is 15.6 Å². The van der Waals surface area contributed by atoms with E-state index in [4.69, 9.17) is 39.5 Å². The maximum Gasteiger partial charge on any atom is 0.350 e. The second-order valence-corrected chi connectivity index (χ2v) is 9.74. The number of aryl methyl sites for hydroxylation is 1. The van der Waals surface area contributed by atoms with Gasteiger partial charge in [0, 0.05) is 11.3 Å². The number of ether oxygens (including phenoxy) is 1. The first-order valence-electron chi connectivity index (χ1n) is 10.7. The number of halogens is 3. The lowest BCUT2D eigenvalue weighted by Gasteiger charge is -2.15. The topological polar surface area (TPSA) is 118 Å². The van der Waals surface area contributed by atoms with E-state index in [1.54, 1.807) is 26.0 Å². The van der Waals surface area contributed by atoms with Crippen molar-refractivity contribution in [3.05, 3.63) is 79.4 Å². The number of hydrogen-bond donors (Lipinski definition) is 2. The summed E-state index contributed by atoms with van der Waals surface area (Å²) in [6.45, 7) is 3.58. The molecular weight excluding hydrogens is 563 g/mol. The molecule has 3 amide bonds. The van der Waals surface area contributed by atoms with Gasteiger partial charge in [-0.25, -0.2) is 14.7 Å². The lowest BCUT2D eigenvalue weighted by molar-refractivity contribution is -0.120. The standard InChI is InChI=1S/C24H17Cl3N4O5S/c1-3-36-23(35)19-11(2)28-24(37-19)30-20(32)12-4-6-13(7-5-12)29-18-17(27)21(33)31(22(18)34)14-8-9-15(25)16(26)10-14/h4-10,29H,3H2,1-2H3,(H,28,30,32). The Balaban J connectivity index is 1.45. The molecule has 1 aliphatic rings. The Kier molecular flexibility index (Phi) is 7.84. The van der Waals surface area contributed by atoms with Gasteiger partial charge in [-0.05, 0) is 56.3 Å². The Hall–Kier alpha value is -3.44. The molecule has 2 heterocycles. The van der Waals surface area contributed by atoms with Crippen molar-refractivity contribution < 1.29 is 23.9 Å². The van der Waals surface area contributed by atoms with Crippen LogP contribution in [0.25, 0.3) is 0 Å². The molecule has 3 aromatic rings. The minimum atomic E-state index is -0.718. The summed E-state index contributed by atoms with van der Waals surface area (Å²) in [5, 5.41) is 5.88. The Labute approximate surface area is 230 Å². The summed E-state index contributed by atoms with van der Waals surface area (Å²) < 4.78 is 4.98. The normalized spacial score (nSPS) is 13.3. The highest BCUT2D eigenvalue weighted by molar-refractivity contribution is 7.17. The molecule has 0 spiro atoms. The maximum atomic E-state index is 12.9. The molecule has 0 saturated heterocycles. The average molecular weight is 580 g/mol. The molecule has 2 aromatic carbocycles. The number of nitrogens with zero attached hydrogens (tertiary/aromatic N) is 2. The fourth-order valence-corrected chi connectivity index (χ4v) is 4.68. The molecular formula is C24H17Cl3N4O5S. The highest BCUT2D eigenvalue weighted by atomic mass is 35.5. The van der Waals surface area contributed by atoms with Gasteiger partial charge in [0.2, 0.25) is 0 Å². The van der Waals surface area contributed by atoms with Crippen LogP contribution >= 0.6 is 46.1 Å². The Bertz CT molecular complexity index is 1470. The van der Waals surface area contributed by atoms with Crippen LogP contribution in [-0.4, -0.2) is 35.3 Å². The van der Waals surface area contributed by atoms with E-state index in [0.717, 1.165) is 16.2 Å². The van der Waals surface area contributed by atoms with Crippen molar-refractivity contribution in [1.82, 2.24) is 4.98 Å². The number of carbonyl (C=O) groups is 4. The van der Waals surface area contributed by atoms with Crippen molar-refractivity contribution in [3.8, 4) is 0 Å². The number of esters is 1. The Morgan fingerprint density at radius 2 is 1.73 bits per heavy atom. The molecule has 0 atom stereocenters. The maximum absolute atomic E-state index is 12.9. The van der Waals surface area contributed by atoms with E-state index in [0.29, 0.717) is 21.8 Å². The Morgan fingerprint density at radius 3 is 2.38 bits per heavy atom. The molecule has 4 rings (SSSR count). The third-order valence-corrected chi connectivity index (χ3v) is 7.23. The summed E-state index contributed by atoms with van der Waals surface area (Å²) in [7, 11) is 0. The zero-order valence-electron chi connectivity index (χ0n) is 19.2. The molecule has 2 N–H and O–H groups in total. The van der Waals surface area contributed by atoms with E-state index >= 15 is 0 Å². The summed E-state index contributed by atoms with van der Waals surface area (Å²) in [6, 6.07) is 10.4. The fourth-order valence-electron chi connectivity index (χ4n) is 3.32. The molecule has 0 unspecified atom stereocenters. The van der Waals surface area contributed by atoms with Crippen molar-refractivity contribution in [2.75, 3.05) is 22.1 Å². The number of amides is 3. The number of hydrogen-bond acceptors (Lipinski definition) is 8. The van der Waals surface area contributed by atoms with E-state index in [-0.39, 0.29) is 38.2 Å². The van der Waals surface area contributed by atoms with Crippen molar-refractivity contribution in [1.29, 1.82) is 0 Å². The van der Waals surface area contributed by atoms with E-state index in [9.17, 15) is 19.2 Å². The first-order chi connectivity index (χ1) is 17.6. The van der Waals surface area contributed by atoms with Crippen LogP contribution in [-0.2, 0) is 14.3 Å². The number of anilines is 3. The van der Waals surface area contributed by atoms with E-state index in [2.05, 4.69) is 15.6 Å². The number of carbonyl (C=O) groups excluding carboxylic acids is 4. The first-order valence-corrected chi connectivity index (χ1v) is 12.6. The van der Waals surface area contributed by atoms with Crippen molar-refractivity contribution in [2.24, 2.45) is 0 Å². The Morgan fingerprint density at radius 1 is 1.03 bits per heavy atom. The molecule has 1 aromatic heterocycles. The molecule has 0 aliphatic carbocycles. The van der Waals surface area contributed by atoms with Gasteiger partial charge in [0.05, 0.1) is 28.0 Å². The van der Waals surface area contributed by atoms with Crippen LogP contribution in [0, 0.1) is 6.92 Å². The van der Waals surface area contributed by atoms with Gasteiger partial charge in [-0.15, -0.1) is 0 Å². The van der Waals surface area contributed by atoms with Crippen LogP contribution < -0.4 is 15.5 Å². The fraction of sp³-hybridized carbons (Fsp3) is 0.125. The van der Waals surface area contributed by atoms with E-state index in [1.807, 2.05) is 0 Å². The van der Waals surface area contributed by atoms with Crippen molar-refractivity contribution in [2.45, 2.75) is 13.8 Å². The third kappa shape index (κ3) is 5.47. The minimum Gasteiger partial charge on any atom is -0.462 e. The van der Waals surface area contributed by atoms with Crippen LogP contribution in [0.5, 0.6) is 0 Å². The molecule has 0 radical (unpaired) electrons. The quantitative estimate of drug-likeness (QED) is 0.275. The lowest BCUT2D eigenvalue weighted by atomic mass is 10.2. The first kappa shape index (κ1) is 26.6. The summed E-state index contributed by atoms with van der Waals surface area (Å²) in [4.78, 5) is 55.6. The highest BCUT2D eigenvalue weighted by Crippen LogP contribution is 2.33.